The molecule has 5 nitrogen and oxygen atoms in total. The summed E-state index contributed by atoms with van der Waals surface area (Å²) in [6.07, 6.45) is 1.24. The van der Waals surface area contributed by atoms with E-state index < -0.39 is 16.0 Å². The van der Waals surface area contributed by atoms with Gasteiger partial charge in [-0.1, -0.05) is 13.0 Å². The number of sulfonamides is 1. The van der Waals surface area contributed by atoms with E-state index in [9.17, 15) is 13.2 Å². The van der Waals surface area contributed by atoms with Crippen LogP contribution in [-0.2, 0) is 14.8 Å². The molecular weight excluding hydrogens is 206 g/mol. The van der Waals surface area contributed by atoms with E-state index in [1.54, 1.807) is 6.92 Å². The van der Waals surface area contributed by atoms with Gasteiger partial charge in [-0.25, -0.2) is 13.1 Å². The first kappa shape index (κ1) is 13.1. The van der Waals surface area contributed by atoms with Crippen LogP contribution in [0.15, 0.2) is 12.7 Å². The smallest absolute Gasteiger partial charge is 0.303 e. The van der Waals surface area contributed by atoms with Crippen LogP contribution in [-0.4, -0.2) is 31.8 Å². The number of carbonyl (C=O) groups is 1. The van der Waals surface area contributed by atoms with Crippen LogP contribution in [0.1, 0.15) is 13.3 Å². The van der Waals surface area contributed by atoms with Crippen LogP contribution >= 0.6 is 0 Å². The molecule has 0 spiro atoms. The van der Waals surface area contributed by atoms with Crippen LogP contribution in [0.2, 0.25) is 0 Å². The fourth-order valence-electron chi connectivity index (χ4n) is 0.854. The highest BCUT2D eigenvalue weighted by atomic mass is 32.2. The quantitative estimate of drug-likeness (QED) is 0.602. The van der Waals surface area contributed by atoms with Gasteiger partial charge in [0.05, 0.1) is 5.75 Å². The lowest BCUT2D eigenvalue weighted by Gasteiger charge is -2.09. The second kappa shape index (κ2) is 5.77. The fraction of sp³-hybridized carbons (Fsp3) is 0.625. The highest BCUT2D eigenvalue weighted by molar-refractivity contribution is 7.89. The lowest BCUT2D eigenvalue weighted by atomic mass is 10.1. The maximum Gasteiger partial charge on any atom is 0.303 e. The molecule has 0 aromatic heterocycles. The third-order valence-corrected chi connectivity index (χ3v) is 2.79. The van der Waals surface area contributed by atoms with Crippen LogP contribution in [0.25, 0.3) is 0 Å². The first-order valence-corrected chi connectivity index (χ1v) is 5.82. The molecule has 0 rings (SSSR count). The number of carboxylic acid groups (broad SMARTS) is 1. The molecule has 82 valence electrons. The van der Waals surface area contributed by atoms with E-state index in [0.717, 1.165) is 0 Å². The van der Waals surface area contributed by atoms with Gasteiger partial charge in [0.25, 0.3) is 0 Å². The Kier molecular flexibility index (Phi) is 5.40. The Morgan fingerprint density at radius 3 is 2.64 bits per heavy atom. The van der Waals surface area contributed by atoms with Crippen molar-refractivity contribution in [1.82, 2.24) is 4.72 Å². The van der Waals surface area contributed by atoms with Crippen molar-refractivity contribution < 1.29 is 18.3 Å². The normalized spacial score (nSPS) is 13.5. The van der Waals surface area contributed by atoms with E-state index in [1.165, 1.54) is 6.08 Å². The average molecular weight is 221 g/mol. The molecule has 0 radical (unpaired) electrons. The van der Waals surface area contributed by atoms with Gasteiger partial charge in [-0.05, 0) is 5.92 Å². The number of nitrogens with one attached hydrogen (secondary N) is 1. The third kappa shape index (κ3) is 6.62. The first-order chi connectivity index (χ1) is 6.37. The molecule has 0 amide bonds. The summed E-state index contributed by atoms with van der Waals surface area (Å²) in [6.45, 7) is 5.12. The van der Waals surface area contributed by atoms with Crippen molar-refractivity contribution in [2.24, 2.45) is 5.92 Å². The standard InChI is InChI=1S/C8H15NO4S/c1-3-4-14(12,13)9-6-7(2)5-8(10)11/h3,7,9H,1,4-6H2,2H3,(H,10,11). The van der Waals surface area contributed by atoms with Gasteiger partial charge < -0.3 is 5.11 Å². The number of hydrogen-bond donors (Lipinski definition) is 2. The SMILES string of the molecule is C=CCS(=O)(=O)NCC(C)CC(=O)O. The van der Waals surface area contributed by atoms with E-state index in [0.29, 0.717) is 0 Å². The van der Waals surface area contributed by atoms with E-state index in [-0.39, 0.29) is 24.6 Å². The zero-order valence-electron chi connectivity index (χ0n) is 8.06. The van der Waals surface area contributed by atoms with Crippen LogP contribution in [0, 0.1) is 5.92 Å². The summed E-state index contributed by atoms with van der Waals surface area (Å²) >= 11 is 0. The summed E-state index contributed by atoms with van der Waals surface area (Å²) in [5, 5.41) is 8.42. The van der Waals surface area contributed by atoms with Gasteiger partial charge in [0, 0.05) is 13.0 Å². The zero-order valence-corrected chi connectivity index (χ0v) is 8.88. The van der Waals surface area contributed by atoms with Crippen molar-refractivity contribution >= 4 is 16.0 Å². The van der Waals surface area contributed by atoms with E-state index in [1.807, 2.05) is 0 Å². The van der Waals surface area contributed by atoms with Gasteiger partial charge in [-0.2, -0.15) is 0 Å². The van der Waals surface area contributed by atoms with E-state index in [2.05, 4.69) is 11.3 Å². The Bertz CT molecular complexity index is 296. The molecule has 0 aliphatic carbocycles. The number of carboxylic acids is 1. The van der Waals surface area contributed by atoms with Gasteiger partial charge in [0.2, 0.25) is 10.0 Å². The maximum atomic E-state index is 11.1. The molecule has 0 bridgehead atoms. The fourth-order valence-corrected chi connectivity index (χ4v) is 1.82. The predicted octanol–water partition coefficient (Wildman–Crippen LogP) is 0.203. The topological polar surface area (TPSA) is 83.5 Å². The summed E-state index contributed by atoms with van der Waals surface area (Å²) in [5.41, 5.74) is 0. The van der Waals surface area contributed by atoms with Crippen molar-refractivity contribution in [3.8, 4) is 0 Å². The minimum atomic E-state index is -3.32. The van der Waals surface area contributed by atoms with Crippen molar-refractivity contribution in [3.63, 3.8) is 0 Å². The van der Waals surface area contributed by atoms with Crippen molar-refractivity contribution in [2.45, 2.75) is 13.3 Å². The molecule has 1 atom stereocenters. The molecule has 0 aliphatic rings. The molecule has 1 unspecified atom stereocenters. The van der Waals surface area contributed by atoms with Gasteiger partial charge in [0.15, 0.2) is 0 Å². The molecule has 14 heavy (non-hydrogen) atoms. The molecule has 0 saturated carbocycles. The summed E-state index contributed by atoms with van der Waals surface area (Å²) in [6, 6.07) is 0. The molecule has 0 aliphatic heterocycles. The molecule has 0 heterocycles. The van der Waals surface area contributed by atoms with Gasteiger partial charge in [-0.15, -0.1) is 6.58 Å². The highest BCUT2D eigenvalue weighted by Crippen LogP contribution is 2.00. The minimum absolute atomic E-state index is 0.0450. The zero-order chi connectivity index (χ0) is 11.2. The molecule has 0 aromatic rings. The molecule has 6 heteroatoms. The molecular formula is C8H15NO4S. The lowest BCUT2D eigenvalue weighted by Crippen LogP contribution is -2.30. The van der Waals surface area contributed by atoms with Crippen LogP contribution < -0.4 is 4.72 Å². The van der Waals surface area contributed by atoms with Crippen molar-refractivity contribution in [2.75, 3.05) is 12.3 Å². The number of rotatable bonds is 7. The third-order valence-electron chi connectivity index (χ3n) is 1.51. The number of hydrogen-bond acceptors (Lipinski definition) is 3. The largest absolute Gasteiger partial charge is 0.481 e. The second-order valence-corrected chi connectivity index (χ2v) is 4.97. The molecule has 2 N–H and O–H groups in total. The van der Waals surface area contributed by atoms with Gasteiger partial charge in [-0.3, -0.25) is 4.79 Å². The van der Waals surface area contributed by atoms with Crippen molar-refractivity contribution in [1.29, 1.82) is 0 Å². The first-order valence-electron chi connectivity index (χ1n) is 4.17. The monoisotopic (exact) mass is 221 g/mol. The van der Waals surface area contributed by atoms with Gasteiger partial charge >= 0.3 is 5.97 Å². The van der Waals surface area contributed by atoms with E-state index in [4.69, 9.17) is 5.11 Å². The Labute approximate surface area is 83.9 Å². The molecule has 0 saturated heterocycles. The lowest BCUT2D eigenvalue weighted by molar-refractivity contribution is -0.137. The Hall–Kier alpha value is -0.880. The molecule has 0 aromatic carbocycles. The Morgan fingerprint density at radius 1 is 1.64 bits per heavy atom. The van der Waals surface area contributed by atoms with E-state index >= 15 is 0 Å². The highest BCUT2D eigenvalue weighted by Gasteiger charge is 2.12. The molecule has 0 fully saturated rings. The predicted molar refractivity (Wildman–Crippen MR) is 53.4 cm³/mol. The summed E-state index contributed by atoms with van der Waals surface area (Å²) in [5.74, 6) is -1.29. The van der Waals surface area contributed by atoms with Gasteiger partial charge in [0.1, 0.15) is 0 Å². The Balaban J connectivity index is 3.93. The van der Waals surface area contributed by atoms with Crippen LogP contribution in [0.4, 0.5) is 0 Å². The average Bonchev–Trinajstić information content (AvgIpc) is 2.00. The van der Waals surface area contributed by atoms with Crippen LogP contribution in [0.5, 0.6) is 0 Å². The minimum Gasteiger partial charge on any atom is -0.481 e. The summed E-state index contributed by atoms with van der Waals surface area (Å²) < 4.78 is 24.5. The Morgan fingerprint density at radius 2 is 2.21 bits per heavy atom. The second-order valence-electron chi connectivity index (χ2n) is 3.12. The summed E-state index contributed by atoms with van der Waals surface area (Å²) in [7, 11) is -3.32. The van der Waals surface area contributed by atoms with Crippen LogP contribution in [0.3, 0.4) is 0 Å². The summed E-state index contributed by atoms with van der Waals surface area (Å²) in [4.78, 5) is 10.3. The maximum absolute atomic E-state index is 11.1. The van der Waals surface area contributed by atoms with Crippen molar-refractivity contribution in [3.05, 3.63) is 12.7 Å². The number of aliphatic carboxylic acids is 1.